The number of alkyl carbamates (subject to hydrolysis) is 1. The van der Waals surface area contributed by atoms with Crippen LogP contribution in [0.2, 0.25) is 0 Å². The van der Waals surface area contributed by atoms with Gasteiger partial charge in [-0.15, -0.1) is 0 Å². The van der Waals surface area contributed by atoms with Gasteiger partial charge in [0.05, 0.1) is 6.04 Å². The fourth-order valence-electron chi connectivity index (χ4n) is 2.32. The van der Waals surface area contributed by atoms with E-state index < -0.39 is 24.2 Å². The summed E-state index contributed by atoms with van der Waals surface area (Å²) < 4.78 is 10.3. The molecule has 0 aliphatic rings. The number of carbonyl (C=O) groups excluding carboxylic acids is 2. The highest BCUT2D eigenvalue weighted by atomic mass is 16.6. The molecule has 0 unspecified atom stereocenters. The van der Waals surface area contributed by atoms with Crippen LogP contribution < -0.4 is 10.1 Å². The third-order valence-electron chi connectivity index (χ3n) is 3.76. The molecule has 2 N–H and O–H groups in total. The monoisotopic (exact) mass is 357 g/mol. The number of para-hydroxylation sites is 1. The van der Waals surface area contributed by atoms with Crippen LogP contribution in [0.25, 0.3) is 0 Å². The minimum absolute atomic E-state index is 0.0993. The molecule has 2 atom stereocenters. The van der Waals surface area contributed by atoms with Crippen LogP contribution in [0, 0.1) is 5.92 Å². The highest BCUT2D eigenvalue weighted by molar-refractivity contribution is 5.79. The zero-order chi connectivity index (χ0) is 18.9. The van der Waals surface area contributed by atoms with Crippen molar-refractivity contribution in [1.82, 2.24) is 5.32 Å². The zero-order valence-electron chi connectivity index (χ0n) is 14.8. The molecule has 138 valence electrons. The van der Waals surface area contributed by atoms with Crippen LogP contribution in [-0.4, -0.2) is 29.3 Å². The summed E-state index contributed by atoms with van der Waals surface area (Å²) in [7, 11) is 0. The van der Waals surface area contributed by atoms with Crippen molar-refractivity contribution in [2.45, 2.75) is 32.6 Å². The molecular weight excluding hydrogens is 334 g/mol. The number of aliphatic hydroxyl groups is 1. The van der Waals surface area contributed by atoms with Gasteiger partial charge in [-0.05, 0) is 23.6 Å². The van der Waals surface area contributed by atoms with E-state index in [2.05, 4.69) is 5.32 Å². The lowest BCUT2D eigenvalue weighted by atomic mass is 9.99. The molecule has 0 heterocycles. The largest absolute Gasteiger partial charge is 0.445 e. The first-order chi connectivity index (χ1) is 12.5. The van der Waals surface area contributed by atoms with Crippen molar-refractivity contribution in [3.8, 4) is 5.75 Å². The third kappa shape index (κ3) is 5.89. The number of esters is 1. The number of nitrogens with one attached hydrogen (secondary N) is 1. The minimum atomic E-state index is -1.51. The van der Waals surface area contributed by atoms with Gasteiger partial charge >= 0.3 is 12.1 Å². The van der Waals surface area contributed by atoms with Gasteiger partial charge in [0.15, 0.2) is 6.10 Å². The summed E-state index contributed by atoms with van der Waals surface area (Å²) >= 11 is 0. The first-order valence-electron chi connectivity index (χ1n) is 8.39. The van der Waals surface area contributed by atoms with Crippen molar-refractivity contribution in [3.05, 3.63) is 66.2 Å². The molecule has 26 heavy (non-hydrogen) atoms. The lowest BCUT2D eigenvalue weighted by Gasteiger charge is -2.25. The van der Waals surface area contributed by atoms with E-state index in [-0.39, 0.29) is 12.5 Å². The maximum atomic E-state index is 12.2. The van der Waals surface area contributed by atoms with E-state index in [4.69, 9.17) is 9.47 Å². The highest BCUT2D eigenvalue weighted by Crippen LogP contribution is 2.13. The molecule has 0 radical (unpaired) electrons. The third-order valence-corrected chi connectivity index (χ3v) is 3.76. The quantitative estimate of drug-likeness (QED) is 0.588. The van der Waals surface area contributed by atoms with Crippen molar-refractivity contribution in [2.75, 3.05) is 0 Å². The average Bonchev–Trinajstić information content (AvgIpc) is 2.65. The Kier molecular flexibility index (Phi) is 7.17. The molecule has 0 spiro atoms. The van der Waals surface area contributed by atoms with Gasteiger partial charge in [0.25, 0.3) is 0 Å². The van der Waals surface area contributed by atoms with Crippen molar-refractivity contribution < 1.29 is 24.2 Å². The second kappa shape index (κ2) is 9.58. The Balaban J connectivity index is 1.92. The summed E-state index contributed by atoms with van der Waals surface area (Å²) in [5.41, 5.74) is 0.841. The SMILES string of the molecule is CC(C)[C@H](NC(=O)OCc1ccccc1)[C@@H](O)C(=O)Oc1ccccc1. The van der Waals surface area contributed by atoms with E-state index in [1.807, 2.05) is 30.3 Å². The Bertz CT molecular complexity index is 703. The Morgan fingerprint density at radius 3 is 2.15 bits per heavy atom. The van der Waals surface area contributed by atoms with E-state index >= 15 is 0 Å². The Hall–Kier alpha value is -2.86. The fraction of sp³-hybridized carbons (Fsp3) is 0.300. The number of ether oxygens (including phenoxy) is 2. The number of amides is 1. The van der Waals surface area contributed by atoms with Gasteiger partial charge in [-0.25, -0.2) is 9.59 Å². The van der Waals surface area contributed by atoms with Gasteiger partial charge in [-0.1, -0.05) is 62.4 Å². The summed E-state index contributed by atoms with van der Waals surface area (Å²) in [6.45, 7) is 3.66. The standard InChI is InChI=1S/C20H23NO5/c1-14(2)17(18(22)19(23)26-16-11-7-4-8-12-16)21-20(24)25-13-15-9-5-3-6-10-15/h3-12,14,17-18,22H,13H2,1-2H3,(H,21,24)/t17-,18+/m0/s1. The van der Waals surface area contributed by atoms with Crippen molar-refractivity contribution >= 4 is 12.1 Å². The lowest BCUT2D eigenvalue weighted by molar-refractivity contribution is -0.145. The predicted molar refractivity (Wildman–Crippen MR) is 96.5 cm³/mol. The molecule has 2 aromatic rings. The molecule has 1 amide bonds. The summed E-state index contributed by atoms with van der Waals surface area (Å²) in [6, 6.07) is 16.8. The number of aliphatic hydroxyl groups excluding tert-OH is 1. The maximum Gasteiger partial charge on any atom is 0.407 e. The summed E-state index contributed by atoms with van der Waals surface area (Å²) in [4.78, 5) is 24.2. The van der Waals surface area contributed by atoms with Gasteiger partial charge in [0.1, 0.15) is 12.4 Å². The first kappa shape index (κ1) is 19.5. The molecule has 2 rings (SSSR count). The molecule has 6 nitrogen and oxygen atoms in total. The molecule has 6 heteroatoms. The molecule has 0 aliphatic carbocycles. The molecule has 0 saturated carbocycles. The van der Waals surface area contributed by atoms with Crippen LogP contribution in [0.1, 0.15) is 19.4 Å². The smallest absolute Gasteiger partial charge is 0.407 e. The number of rotatable bonds is 7. The normalized spacial score (nSPS) is 12.9. The van der Waals surface area contributed by atoms with Crippen molar-refractivity contribution in [1.29, 1.82) is 0 Å². The topological polar surface area (TPSA) is 84.9 Å². The van der Waals surface area contributed by atoms with Crippen LogP contribution in [-0.2, 0) is 16.1 Å². The van der Waals surface area contributed by atoms with E-state index in [0.29, 0.717) is 5.75 Å². The van der Waals surface area contributed by atoms with Crippen LogP contribution in [0.3, 0.4) is 0 Å². The first-order valence-corrected chi connectivity index (χ1v) is 8.39. The average molecular weight is 357 g/mol. The molecule has 0 saturated heterocycles. The van der Waals surface area contributed by atoms with Gasteiger partial charge in [-0.2, -0.15) is 0 Å². The highest BCUT2D eigenvalue weighted by Gasteiger charge is 2.32. The second-order valence-electron chi connectivity index (χ2n) is 6.15. The zero-order valence-corrected chi connectivity index (χ0v) is 14.8. The van der Waals surface area contributed by atoms with Crippen LogP contribution in [0.5, 0.6) is 5.75 Å². The second-order valence-corrected chi connectivity index (χ2v) is 6.15. The van der Waals surface area contributed by atoms with E-state index in [1.165, 1.54) is 0 Å². The Labute approximate surface area is 152 Å². The van der Waals surface area contributed by atoms with Gasteiger partial charge < -0.3 is 19.9 Å². The Morgan fingerprint density at radius 1 is 1.00 bits per heavy atom. The molecule has 0 bridgehead atoms. The molecule has 0 aliphatic heterocycles. The van der Waals surface area contributed by atoms with Crippen molar-refractivity contribution in [2.24, 2.45) is 5.92 Å². The summed E-state index contributed by atoms with van der Waals surface area (Å²) in [5.74, 6) is -0.721. The maximum absolute atomic E-state index is 12.2. The van der Waals surface area contributed by atoms with E-state index in [9.17, 15) is 14.7 Å². The van der Waals surface area contributed by atoms with Crippen molar-refractivity contribution in [3.63, 3.8) is 0 Å². The van der Waals surface area contributed by atoms with Gasteiger partial charge in [0, 0.05) is 0 Å². The van der Waals surface area contributed by atoms with Crippen LogP contribution in [0.4, 0.5) is 4.79 Å². The van der Waals surface area contributed by atoms with Crippen LogP contribution >= 0.6 is 0 Å². The number of benzene rings is 2. The fourth-order valence-corrected chi connectivity index (χ4v) is 2.32. The van der Waals surface area contributed by atoms with Gasteiger partial charge in [0.2, 0.25) is 0 Å². The summed E-state index contributed by atoms with van der Waals surface area (Å²) in [5, 5.41) is 12.8. The molecular formula is C20H23NO5. The lowest BCUT2D eigenvalue weighted by Crippen LogP contribution is -2.51. The number of hydrogen-bond acceptors (Lipinski definition) is 5. The summed E-state index contributed by atoms with van der Waals surface area (Å²) in [6.07, 6.45) is -2.22. The number of hydrogen-bond donors (Lipinski definition) is 2. The minimum Gasteiger partial charge on any atom is -0.445 e. The predicted octanol–water partition coefficient (Wildman–Crippen LogP) is 2.90. The number of carbonyl (C=O) groups is 2. The Morgan fingerprint density at radius 2 is 1.58 bits per heavy atom. The molecule has 2 aromatic carbocycles. The van der Waals surface area contributed by atoms with Crippen LogP contribution in [0.15, 0.2) is 60.7 Å². The van der Waals surface area contributed by atoms with Gasteiger partial charge in [-0.3, -0.25) is 0 Å². The molecule has 0 fully saturated rings. The van der Waals surface area contributed by atoms with E-state index in [0.717, 1.165) is 5.56 Å². The van der Waals surface area contributed by atoms with E-state index in [1.54, 1.807) is 44.2 Å². The molecule has 0 aromatic heterocycles.